The van der Waals surface area contributed by atoms with E-state index in [9.17, 15) is 18.0 Å². The largest absolute Gasteiger partial charge is 0.322 e. The Kier molecular flexibility index (Phi) is 6.44. The van der Waals surface area contributed by atoms with Crippen molar-refractivity contribution in [3.05, 3.63) is 53.6 Å². The molecule has 1 saturated heterocycles. The number of sulfonamides is 1. The molecule has 180 valence electrons. The highest BCUT2D eigenvalue weighted by atomic mass is 32.2. The molecule has 1 aliphatic carbocycles. The van der Waals surface area contributed by atoms with Gasteiger partial charge in [-0.05, 0) is 74.1 Å². The number of nitrogens with zero attached hydrogens (tertiary/aromatic N) is 2. The van der Waals surface area contributed by atoms with Gasteiger partial charge < -0.3 is 10.2 Å². The van der Waals surface area contributed by atoms with E-state index in [0.29, 0.717) is 30.9 Å². The second-order valence-electron chi connectivity index (χ2n) is 9.51. The second kappa shape index (κ2) is 9.50. The van der Waals surface area contributed by atoms with Crippen LogP contribution in [0.15, 0.2) is 47.4 Å². The van der Waals surface area contributed by atoms with Gasteiger partial charge in [0.2, 0.25) is 15.9 Å². The number of carbonyl (C=O) groups is 2. The van der Waals surface area contributed by atoms with Crippen LogP contribution in [-0.4, -0.2) is 44.2 Å². The summed E-state index contributed by atoms with van der Waals surface area (Å²) in [4.78, 5) is 27.9. The SMILES string of the molecule is O=C(Nc1ccc2c(c1)N(C(=O)C1CCCC1)CC2)c1ccc(S(=O)(=O)N2CCCCC2)cc1. The van der Waals surface area contributed by atoms with E-state index < -0.39 is 10.0 Å². The first kappa shape index (κ1) is 23.1. The normalized spacial score (nSPS) is 19.2. The third-order valence-electron chi connectivity index (χ3n) is 7.28. The van der Waals surface area contributed by atoms with E-state index in [1.54, 1.807) is 12.1 Å². The fraction of sp³-hybridized carbons (Fsp3) is 0.462. The lowest BCUT2D eigenvalue weighted by Gasteiger charge is -2.25. The van der Waals surface area contributed by atoms with Crippen molar-refractivity contribution >= 4 is 33.2 Å². The van der Waals surface area contributed by atoms with Crippen LogP contribution >= 0.6 is 0 Å². The second-order valence-corrected chi connectivity index (χ2v) is 11.4. The molecule has 8 heteroatoms. The number of piperidine rings is 1. The highest BCUT2D eigenvalue weighted by molar-refractivity contribution is 7.89. The van der Waals surface area contributed by atoms with Gasteiger partial charge in [0.25, 0.3) is 5.91 Å². The minimum absolute atomic E-state index is 0.115. The minimum Gasteiger partial charge on any atom is -0.322 e. The smallest absolute Gasteiger partial charge is 0.255 e. The summed E-state index contributed by atoms with van der Waals surface area (Å²) in [6, 6.07) is 11.8. The van der Waals surface area contributed by atoms with E-state index in [1.165, 1.54) is 16.4 Å². The third kappa shape index (κ3) is 4.49. The zero-order chi connectivity index (χ0) is 23.7. The van der Waals surface area contributed by atoms with Crippen LogP contribution in [0.3, 0.4) is 0 Å². The molecule has 1 N–H and O–H groups in total. The Labute approximate surface area is 201 Å². The van der Waals surface area contributed by atoms with Gasteiger partial charge in [-0.3, -0.25) is 9.59 Å². The van der Waals surface area contributed by atoms with E-state index in [2.05, 4.69) is 5.32 Å². The van der Waals surface area contributed by atoms with Crippen molar-refractivity contribution in [2.45, 2.75) is 56.3 Å². The van der Waals surface area contributed by atoms with E-state index in [4.69, 9.17) is 0 Å². The molecule has 34 heavy (non-hydrogen) atoms. The van der Waals surface area contributed by atoms with Crippen LogP contribution in [-0.2, 0) is 21.2 Å². The van der Waals surface area contributed by atoms with Gasteiger partial charge in [0.15, 0.2) is 0 Å². The van der Waals surface area contributed by atoms with Crippen molar-refractivity contribution in [2.24, 2.45) is 5.92 Å². The first-order valence-electron chi connectivity index (χ1n) is 12.3. The first-order chi connectivity index (χ1) is 16.4. The van der Waals surface area contributed by atoms with Crippen LogP contribution in [0.4, 0.5) is 11.4 Å². The maximum atomic E-state index is 13.0. The standard InChI is InChI=1S/C26H31N3O4S/c30-25(20-9-12-23(13-10-20)34(32,33)28-15-4-1-5-16-28)27-22-11-8-19-14-17-29(24(19)18-22)26(31)21-6-2-3-7-21/h8-13,18,21H,1-7,14-17H2,(H,27,30). The summed E-state index contributed by atoms with van der Waals surface area (Å²) in [5, 5.41) is 2.90. The zero-order valence-electron chi connectivity index (χ0n) is 19.3. The van der Waals surface area contributed by atoms with Crippen molar-refractivity contribution < 1.29 is 18.0 Å². The lowest BCUT2D eigenvalue weighted by Crippen LogP contribution is -2.35. The summed E-state index contributed by atoms with van der Waals surface area (Å²) in [5.41, 5.74) is 3.02. The quantitative estimate of drug-likeness (QED) is 0.694. The molecule has 2 aromatic carbocycles. The molecule has 0 radical (unpaired) electrons. The maximum absolute atomic E-state index is 13.0. The Hall–Kier alpha value is -2.71. The molecule has 1 saturated carbocycles. The van der Waals surface area contributed by atoms with Gasteiger partial charge in [-0.2, -0.15) is 4.31 Å². The Morgan fingerprint density at radius 3 is 2.26 bits per heavy atom. The van der Waals surface area contributed by atoms with E-state index in [-0.39, 0.29) is 22.6 Å². The fourth-order valence-electron chi connectivity index (χ4n) is 5.31. The van der Waals surface area contributed by atoms with Gasteiger partial charge in [0.1, 0.15) is 0 Å². The van der Waals surface area contributed by atoms with E-state index in [0.717, 1.165) is 62.6 Å². The van der Waals surface area contributed by atoms with Gasteiger partial charge in [0.05, 0.1) is 4.90 Å². The van der Waals surface area contributed by atoms with Crippen LogP contribution in [0, 0.1) is 5.92 Å². The minimum atomic E-state index is -3.53. The molecular formula is C26H31N3O4S. The molecule has 5 rings (SSSR count). The predicted molar refractivity (Wildman–Crippen MR) is 131 cm³/mol. The molecule has 2 fully saturated rings. The number of benzene rings is 2. The Morgan fingerprint density at radius 2 is 1.56 bits per heavy atom. The molecule has 0 aromatic heterocycles. The molecular weight excluding hydrogens is 450 g/mol. The number of rotatable bonds is 5. The zero-order valence-corrected chi connectivity index (χ0v) is 20.1. The number of fused-ring (bicyclic) bond motifs is 1. The van der Waals surface area contributed by atoms with Gasteiger partial charge in [0, 0.05) is 42.5 Å². The van der Waals surface area contributed by atoms with Crippen LogP contribution in [0.25, 0.3) is 0 Å². The molecule has 2 aromatic rings. The number of anilines is 2. The Balaban J connectivity index is 1.28. The van der Waals surface area contributed by atoms with Crippen molar-refractivity contribution in [2.75, 3.05) is 29.9 Å². The number of carbonyl (C=O) groups excluding carboxylic acids is 2. The van der Waals surface area contributed by atoms with Crippen molar-refractivity contribution in [1.29, 1.82) is 0 Å². The summed E-state index contributed by atoms with van der Waals surface area (Å²) in [5.74, 6) is 0.00249. The molecule has 0 unspecified atom stereocenters. The maximum Gasteiger partial charge on any atom is 0.255 e. The molecule has 2 heterocycles. The van der Waals surface area contributed by atoms with E-state index in [1.807, 2.05) is 23.1 Å². The summed E-state index contributed by atoms with van der Waals surface area (Å²) in [6.07, 6.45) is 7.80. The monoisotopic (exact) mass is 481 g/mol. The fourth-order valence-corrected chi connectivity index (χ4v) is 6.83. The molecule has 0 bridgehead atoms. The van der Waals surface area contributed by atoms with E-state index >= 15 is 0 Å². The molecule has 0 spiro atoms. The topological polar surface area (TPSA) is 86.8 Å². The van der Waals surface area contributed by atoms with Crippen LogP contribution in [0.2, 0.25) is 0 Å². The lowest BCUT2D eigenvalue weighted by molar-refractivity contribution is -0.122. The average molecular weight is 482 g/mol. The number of nitrogens with one attached hydrogen (secondary N) is 1. The van der Waals surface area contributed by atoms with Crippen LogP contribution in [0.5, 0.6) is 0 Å². The van der Waals surface area contributed by atoms with Crippen LogP contribution in [0.1, 0.15) is 60.9 Å². The highest BCUT2D eigenvalue weighted by Crippen LogP contribution is 2.35. The van der Waals surface area contributed by atoms with Crippen molar-refractivity contribution in [3.63, 3.8) is 0 Å². The predicted octanol–water partition coefficient (Wildman–Crippen LogP) is 4.19. The summed E-state index contributed by atoms with van der Waals surface area (Å²) < 4.78 is 27.2. The highest BCUT2D eigenvalue weighted by Gasteiger charge is 2.32. The molecule has 0 atom stereocenters. The van der Waals surface area contributed by atoms with Crippen molar-refractivity contribution in [1.82, 2.24) is 4.31 Å². The van der Waals surface area contributed by atoms with Crippen molar-refractivity contribution in [3.8, 4) is 0 Å². The van der Waals surface area contributed by atoms with Gasteiger partial charge in [-0.25, -0.2) is 8.42 Å². The van der Waals surface area contributed by atoms with Gasteiger partial charge in [-0.1, -0.05) is 25.3 Å². The molecule has 3 aliphatic rings. The number of hydrogen-bond acceptors (Lipinski definition) is 4. The molecule has 2 amide bonds. The third-order valence-corrected chi connectivity index (χ3v) is 9.19. The number of hydrogen-bond donors (Lipinski definition) is 1. The van der Waals surface area contributed by atoms with Gasteiger partial charge in [-0.15, -0.1) is 0 Å². The average Bonchev–Trinajstić information content (AvgIpc) is 3.55. The Morgan fingerprint density at radius 1 is 0.853 bits per heavy atom. The lowest BCUT2D eigenvalue weighted by atomic mass is 10.1. The number of amides is 2. The summed E-state index contributed by atoms with van der Waals surface area (Å²) in [6.45, 7) is 1.78. The van der Waals surface area contributed by atoms with Crippen LogP contribution < -0.4 is 10.2 Å². The summed E-state index contributed by atoms with van der Waals surface area (Å²) in [7, 11) is -3.53. The van der Waals surface area contributed by atoms with Gasteiger partial charge >= 0.3 is 0 Å². The Bertz CT molecular complexity index is 1180. The molecule has 2 aliphatic heterocycles. The first-order valence-corrected chi connectivity index (χ1v) is 13.7. The molecule has 7 nitrogen and oxygen atoms in total. The summed E-state index contributed by atoms with van der Waals surface area (Å²) >= 11 is 0.